The lowest BCUT2D eigenvalue weighted by Gasteiger charge is -2.29. The Labute approximate surface area is 163 Å². The van der Waals surface area contributed by atoms with Crippen LogP contribution in [0.3, 0.4) is 0 Å². The Hall–Kier alpha value is -3.13. The van der Waals surface area contributed by atoms with E-state index in [-0.39, 0.29) is 18.4 Å². The summed E-state index contributed by atoms with van der Waals surface area (Å²) in [6.45, 7) is 2.56. The first kappa shape index (κ1) is 18.2. The number of nitrogens with zero attached hydrogens (tertiary/aromatic N) is 4. The van der Waals surface area contributed by atoms with E-state index >= 15 is 0 Å². The number of hydrogen-bond donors (Lipinski definition) is 2. The lowest BCUT2D eigenvalue weighted by molar-refractivity contribution is -0.131. The first-order valence-corrected chi connectivity index (χ1v) is 9.33. The van der Waals surface area contributed by atoms with Crippen molar-refractivity contribution < 1.29 is 9.59 Å². The zero-order valence-corrected chi connectivity index (χ0v) is 16.1. The van der Waals surface area contributed by atoms with Crippen LogP contribution in [0, 0.1) is 0 Å². The molecule has 0 radical (unpaired) electrons. The fraction of sp³-hybridized carbons (Fsp3) is 0.350. The molecule has 8 nitrogen and oxygen atoms in total. The molecule has 1 aromatic carbocycles. The van der Waals surface area contributed by atoms with Gasteiger partial charge in [0, 0.05) is 41.3 Å². The average Bonchev–Trinajstić information content (AvgIpc) is 3.32. The van der Waals surface area contributed by atoms with Crippen molar-refractivity contribution in [1.82, 2.24) is 29.9 Å². The first-order chi connectivity index (χ1) is 13.5. The molecule has 0 saturated carbocycles. The molecular formula is C20H24N6O2. The molecule has 0 unspecified atom stereocenters. The number of aromatic nitrogens is 3. The Balaban J connectivity index is 1.40. The maximum absolute atomic E-state index is 12.7. The largest absolute Gasteiger partial charge is 0.361 e. The summed E-state index contributed by atoms with van der Waals surface area (Å²) >= 11 is 0. The monoisotopic (exact) mass is 380 g/mol. The van der Waals surface area contributed by atoms with Gasteiger partial charge in [-0.25, -0.2) is 0 Å². The molecule has 8 heteroatoms. The zero-order chi connectivity index (χ0) is 19.7. The highest BCUT2D eigenvalue weighted by Gasteiger charge is 2.24. The Bertz CT molecular complexity index is 1020. The van der Waals surface area contributed by atoms with Crippen LogP contribution in [0.1, 0.15) is 21.6 Å². The van der Waals surface area contributed by atoms with Crippen LogP contribution in [-0.2, 0) is 24.4 Å². The van der Waals surface area contributed by atoms with Crippen molar-refractivity contribution >= 4 is 22.7 Å². The maximum atomic E-state index is 12.7. The van der Waals surface area contributed by atoms with Crippen molar-refractivity contribution in [3.63, 3.8) is 0 Å². The fourth-order valence-electron chi connectivity index (χ4n) is 3.63. The zero-order valence-electron chi connectivity index (χ0n) is 16.1. The lowest BCUT2D eigenvalue weighted by atomic mass is 10.1. The van der Waals surface area contributed by atoms with Crippen molar-refractivity contribution in [2.24, 2.45) is 0 Å². The van der Waals surface area contributed by atoms with Crippen molar-refractivity contribution in [1.29, 1.82) is 0 Å². The number of benzene rings is 1. The summed E-state index contributed by atoms with van der Waals surface area (Å²) < 4.78 is 1.97. The number of rotatable bonds is 5. The van der Waals surface area contributed by atoms with E-state index in [2.05, 4.69) is 20.3 Å². The van der Waals surface area contributed by atoms with Gasteiger partial charge in [0.1, 0.15) is 0 Å². The van der Waals surface area contributed by atoms with Gasteiger partial charge in [-0.15, -0.1) is 0 Å². The van der Waals surface area contributed by atoms with E-state index in [0.29, 0.717) is 25.2 Å². The molecule has 2 N–H and O–H groups in total. The Morgan fingerprint density at radius 2 is 2.11 bits per heavy atom. The van der Waals surface area contributed by atoms with E-state index in [1.54, 1.807) is 17.2 Å². The van der Waals surface area contributed by atoms with Crippen molar-refractivity contribution in [3.05, 3.63) is 53.5 Å². The fourth-order valence-corrected chi connectivity index (χ4v) is 3.63. The molecule has 1 aliphatic rings. The van der Waals surface area contributed by atoms with Gasteiger partial charge in [0.15, 0.2) is 0 Å². The molecule has 0 aliphatic carbocycles. The molecule has 4 rings (SSSR count). The Morgan fingerprint density at radius 3 is 2.93 bits per heavy atom. The van der Waals surface area contributed by atoms with Crippen LogP contribution in [0.5, 0.6) is 0 Å². The number of amides is 2. The molecule has 1 aliphatic heterocycles. The van der Waals surface area contributed by atoms with Gasteiger partial charge in [0.25, 0.3) is 5.91 Å². The van der Waals surface area contributed by atoms with E-state index in [9.17, 15) is 9.59 Å². The van der Waals surface area contributed by atoms with Gasteiger partial charge in [-0.3, -0.25) is 14.3 Å². The predicted octanol–water partition coefficient (Wildman–Crippen LogP) is 1.20. The summed E-state index contributed by atoms with van der Waals surface area (Å²) in [7, 11) is 4.02. The second kappa shape index (κ2) is 7.47. The standard InChI is InChI=1S/C20H24N6O2/c1-24(2)12-14-10-23-26-9-8-25(13-18(14)26)19(27)11-22-20(28)16-4-3-5-17-15(16)6-7-21-17/h3-7,10,21H,8-9,11-13H2,1-2H3,(H,22,28). The molecule has 0 spiro atoms. The minimum atomic E-state index is -0.242. The summed E-state index contributed by atoms with van der Waals surface area (Å²) in [5.41, 5.74) is 3.66. The summed E-state index contributed by atoms with van der Waals surface area (Å²) in [5, 5.41) is 8.04. The highest BCUT2D eigenvalue weighted by molar-refractivity contribution is 6.07. The Morgan fingerprint density at radius 1 is 1.25 bits per heavy atom. The van der Waals surface area contributed by atoms with Gasteiger partial charge in [-0.05, 0) is 32.3 Å². The minimum absolute atomic E-state index is 0.0171. The molecular weight excluding hydrogens is 356 g/mol. The van der Waals surface area contributed by atoms with E-state index in [0.717, 1.165) is 28.7 Å². The Kier molecular flexibility index (Phi) is 4.87. The van der Waals surface area contributed by atoms with Crippen molar-refractivity contribution in [2.75, 3.05) is 27.2 Å². The van der Waals surface area contributed by atoms with Gasteiger partial charge in [0.05, 0.1) is 31.5 Å². The third-order valence-electron chi connectivity index (χ3n) is 5.04. The molecule has 3 aromatic rings. The van der Waals surface area contributed by atoms with Gasteiger partial charge in [-0.2, -0.15) is 5.10 Å². The lowest BCUT2D eigenvalue weighted by Crippen LogP contribution is -2.44. The first-order valence-electron chi connectivity index (χ1n) is 9.33. The van der Waals surface area contributed by atoms with Gasteiger partial charge in [0.2, 0.25) is 5.91 Å². The molecule has 2 aromatic heterocycles. The van der Waals surface area contributed by atoms with Crippen molar-refractivity contribution in [3.8, 4) is 0 Å². The summed E-state index contributed by atoms with van der Waals surface area (Å²) in [4.78, 5) is 32.2. The highest BCUT2D eigenvalue weighted by Crippen LogP contribution is 2.19. The van der Waals surface area contributed by atoms with E-state index in [1.807, 2.05) is 43.2 Å². The molecule has 2 amide bonds. The predicted molar refractivity (Wildman–Crippen MR) is 106 cm³/mol. The molecule has 28 heavy (non-hydrogen) atoms. The molecule has 0 atom stereocenters. The van der Waals surface area contributed by atoms with E-state index in [1.165, 1.54) is 0 Å². The third kappa shape index (κ3) is 3.50. The second-order valence-corrected chi connectivity index (χ2v) is 7.32. The van der Waals surface area contributed by atoms with Crippen LogP contribution in [0.15, 0.2) is 36.7 Å². The SMILES string of the molecule is CN(C)Cc1cnn2c1CN(C(=O)CNC(=O)c1cccc3[nH]ccc13)CC2. The van der Waals surface area contributed by atoms with Gasteiger partial charge in [-0.1, -0.05) is 6.07 Å². The maximum Gasteiger partial charge on any atom is 0.252 e. The normalized spacial score (nSPS) is 13.8. The van der Waals surface area contributed by atoms with Crippen LogP contribution >= 0.6 is 0 Å². The van der Waals surface area contributed by atoms with Crippen molar-refractivity contribution in [2.45, 2.75) is 19.6 Å². The molecule has 146 valence electrons. The molecule has 0 fully saturated rings. The highest BCUT2D eigenvalue weighted by atomic mass is 16.2. The van der Waals surface area contributed by atoms with Crippen LogP contribution < -0.4 is 5.32 Å². The van der Waals surface area contributed by atoms with Crippen LogP contribution in [-0.4, -0.2) is 63.6 Å². The number of carbonyl (C=O) groups is 2. The van der Waals surface area contributed by atoms with E-state index < -0.39 is 0 Å². The van der Waals surface area contributed by atoms with Crippen LogP contribution in [0.25, 0.3) is 10.9 Å². The number of H-pyrrole nitrogens is 1. The number of nitrogens with one attached hydrogen (secondary N) is 2. The minimum Gasteiger partial charge on any atom is -0.361 e. The third-order valence-corrected chi connectivity index (χ3v) is 5.04. The number of aromatic amines is 1. The van der Waals surface area contributed by atoms with E-state index in [4.69, 9.17) is 0 Å². The summed E-state index contributed by atoms with van der Waals surface area (Å²) in [5.74, 6) is -0.327. The quantitative estimate of drug-likeness (QED) is 0.696. The van der Waals surface area contributed by atoms with Gasteiger partial charge < -0.3 is 20.1 Å². The summed E-state index contributed by atoms with van der Waals surface area (Å²) in [6.07, 6.45) is 3.68. The van der Waals surface area contributed by atoms with Crippen LogP contribution in [0.4, 0.5) is 0 Å². The van der Waals surface area contributed by atoms with Crippen LogP contribution in [0.2, 0.25) is 0 Å². The smallest absolute Gasteiger partial charge is 0.252 e. The molecule has 0 saturated heterocycles. The molecule has 3 heterocycles. The summed E-state index contributed by atoms with van der Waals surface area (Å²) in [6, 6.07) is 7.38. The average molecular weight is 380 g/mol. The van der Waals surface area contributed by atoms with Gasteiger partial charge >= 0.3 is 0 Å². The number of hydrogen-bond acceptors (Lipinski definition) is 4. The number of carbonyl (C=O) groups excluding carboxylic acids is 2. The number of fused-ring (bicyclic) bond motifs is 2. The second-order valence-electron chi connectivity index (χ2n) is 7.32. The topological polar surface area (TPSA) is 86.3 Å². The molecule has 0 bridgehead atoms.